The Balaban J connectivity index is 1.67. The molecule has 0 aromatic carbocycles. The van der Waals surface area contributed by atoms with Gasteiger partial charge in [0, 0.05) is 33.1 Å². The third-order valence-electron chi connectivity index (χ3n) is 11.2. The van der Waals surface area contributed by atoms with E-state index in [2.05, 4.69) is 127 Å². The van der Waals surface area contributed by atoms with E-state index >= 15 is 0 Å². The molecule has 0 fully saturated rings. The summed E-state index contributed by atoms with van der Waals surface area (Å²) in [7, 11) is 0. The highest BCUT2D eigenvalue weighted by Gasteiger charge is 2.23. The van der Waals surface area contributed by atoms with Crippen LogP contribution >= 0.6 is 0 Å². The highest BCUT2D eigenvalue weighted by atomic mass is 14.8. The van der Waals surface area contributed by atoms with Crippen molar-refractivity contribution in [3.8, 4) is 0 Å². The van der Waals surface area contributed by atoms with Crippen LogP contribution in [0.5, 0.6) is 0 Å². The zero-order valence-electron chi connectivity index (χ0n) is 29.2. The first kappa shape index (κ1) is 29.8. The Hall–Kier alpha value is -4.84. The lowest BCUT2D eigenvalue weighted by atomic mass is 10.0. The number of rotatable bonds is 0. The Bertz CT molecular complexity index is 2310. The molecule has 0 spiro atoms. The molecule has 0 saturated carbocycles. The van der Waals surface area contributed by atoms with Gasteiger partial charge in [-0.05, 0) is 174 Å². The molecule has 0 saturated heterocycles. The molecule has 4 N–H and O–H groups in total. The number of nitrogens with one attached hydrogen (secondary N) is 4. The predicted molar refractivity (Wildman–Crippen MR) is 197 cm³/mol. The normalized spacial score (nSPS) is 13.5. The van der Waals surface area contributed by atoms with E-state index in [0.717, 1.165) is 66.9 Å². The number of fused-ring (bicyclic) bond motifs is 14. The van der Waals surface area contributed by atoms with Crippen LogP contribution in [0.25, 0.3) is 66.4 Å². The van der Waals surface area contributed by atoms with E-state index in [9.17, 15) is 0 Å². The molecule has 234 valence electrons. The first-order chi connectivity index (χ1) is 21.8. The Labute approximate surface area is 270 Å². The molecule has 0 unspecified atom stereocenters. The highest BCUT2D eigenvalue weighted by molar-refractivity contribution is 5.99. The van der Waals surface area contributed by atoms with Gasteiger partial charge in [0.1, 0.15) is 0 Å². The van der Waals surface area contributed by atoms with Crippen molar-refractivity contribution in [2.75, 3.05) is 0 Å². The molecule has 0 aliphatic carbocycles. The van der Waals surface area contributed by atoms with Gasteiger partial charge in [-0.15, -0.1) is 0 Å². The first-order valence-electron chi connectivity index (χ1n) is 16.2. The van der Waals surface area contributed by atoms with Crippen molar-refractivity contribution in [2.24, 2.45) is 0 Å². The van der Waals surface area contributed by atoms with Gasteiger partial charge in [-0.2, -0.15) is 0 Å². The van der Waals surface area contributed by atoms with Gasteiger partial charge in [-0.3, -0.25) is 0 Å². The summed E-state index contributed by atoms with van der Waals surface area (Å²) in [6, 6.07) is 8.90. The summed E-state index contributed by atoms with van der Waals surface area (Å²) in [6.07, 6.45) is 0. The fraction of sp³-hybridized carbons (Fsp3) is 0.300. The average Bonchev–Trinajstić information content (AvgIpc) is 3.79. The number of hydrogen-bond acceptors (Lipinski definition) is 2. The third-order valence-corrected chi connectivity index (χ3v) is 11.2. The molecular weight excluding hydrogens is 564 g/mol. The lowest BCUT2D eigenvalue weighted by molar-refractivity contribution is 1.20. The quantitative estimate of drug-likeness (QED) is 0.141. The van der Waals surface area contributed by atoms with Gasteiger partial charge in [-0.25, -0.2) is 9.97 Å². The molecule has 5 aromatic heterocycles. The molecule has 12 bridgehead atoms. The Morgan fingerprint density at radius 2 is 0.609 bits per heavy atom. The second-order valence-corrected chi connectivity index (χ2v) is 13.5. The van der Waals surface area contributed by atoms with E-state index in [1.165, 1.54) is 66.8 Å². The molecule has 0 amide bonds. The van der Waals surface area contributed by atoms with Crippen molar-refractivity contribution < 1.29 is 0 Å². The van der Waals surface area contributed by atoms with E-state index in [4.69, 9.17) is 9.97 Å². The van der Waals surface area contributed by atoms with Gasteiger partial charge in [0.05, 0.1) is 33.8 Å². The Morgan fingerprint density at radius 1 is 0.326 bits per heavy atom. The molecule has 0 radical (unpaired) electrons. The van der Waals surface area contributed by atoms with Crippen molar-refractivity contribution in [3.63, 3.8) is 0 Å². The molecule has 2 aliphatic rings. The lowest BCUT2D eigenvalue weighted by Crippen LogP contribution is -1.88. The Morgan fingerprint density at radius 3 is 0.957 bits per heavy atom. The van der Waals surface area contributed by atoms with Crippen LogP contribution in [0.2, 0.25) is 0 Å². The standard InChI is InChI=1S/C40H44N6/c1-17-18(2)30-14-34-22(6)26(10)39(44-34)40-28(12)24(8)36(46-40)16-32-20(4)19(3)31(42-32)15-35-23(7)27(11)38(45-35)37-25(9)21(5)33(43-37)13-29(17)41-30/h13-16,41-43,45H,1-12H3. The average molecular weight is 609 g/mol. The lowest BCUT2D eigenvalue weighted by Gasteiger charge is -2.00. The van der Waals surface area contributed by atoms with E-state index in [1.54, 1.807) is 0 Å². The summed E-state index contributed by atoms with van der Waals surface area (Å²) in [4.78, 5) is 25.4. The van der Waals surface area contributed by atoms with Crippen molar-refractivity contribution in [1.29, 1.82) is 0 Å². The zero-order chi connectivity index (χ0) is 32.9. The number of H-pyrrole nitrogens is 4. The van der Waals surface area contributed by atoms with Crippen LogP contribution in [0.15, 0.2) is 24.3 Å². The van der Waals surface area contributed by atoms with Crippen LogP contribution in [0.3, 0.4) is 0 Å². The van der Waals surface area contributed by atoms with Gasteiger partial charge >= 0.3 is 0 Å². The molecule has 46 heavy (non-hydrogen) atoms. The van der Waals surface area contributed by atoms with Crippen LogP contribution < -0.4 is 0 Å². The molecular formula is C40H44N6. The van der Waals surface area contributed by atoms with E-state index in [0.29, 0.717) is 0 Å². The van der Waals surface area contributed by atoms with Crippen molar-refractivity contribution in [1.82, 2.24) is 29.9 Å². The number of aromatic amines is 4. The van der Waals surface area contributed by atoms with Gasteiger partial charge < -0.3 is 19.9 Å². The maximum atomic E-state index is 5.20. The molecule has 7 rings (SSSR count). The second kappa shape index (κ2) is 10.3. The van der Waals surface area contributed by atoms with Gasteiger partial charge in [-0.1, -0.05) is 0 Å². The summed E-state index contributed by atoms with van der Waals surface area (Å²) in [5.74, 6) is 0. The van der Waals surface area contributed by atoms with Crippen molar-refractivity contribution >= 4 is 66.4 Å². The highest BCUT2D eigenvalue weighted by Crippen LogP contribution is 2.38. The van der Waals surface area contributed by atoms with Crippen molar-refractivity contribution in [3.05, 3.63) is 91.5 Å². The predicted octanol–water partition coefficient (Wildman–Crippen LogP) is 10.8. The molecule has 7 heterocycles. The topological polar surface area (TPSA) is 88.9 Å². The summed E-state index contributed by atoms with van der Waals surface area (Å²) in [5.41, 5.74) is 27.4. The van der Waals surface area contributed by atoms with E-state index in [-0.39, 0.29) is 0 Å². The summed E-state index contributed by atoms with van der Waals surface area (Å²) < 4.78 is 0. The number of allylic oxidation sites excluding steroid dienone is 4. The maximum Gasteiger partial charge on any atom is 0.0929 e. The summed E-state index contributed by atoms with van der Waals surface area (Å²) in [5, 5.41) is 0. The first-order valence-corrected chi connectivity index (χ1v) is 16.2. The zero-order valence-corrected chi connectivity index (χ0v) is 29.2. The van der Waals surface area contributed by atoms with Gasteiger partial charge in [0.25, 0.3) is 0 Å². The van der Waals surface area contributed by atoms with Gasteiger partial charge in [0.15, 0.2) is 0 Å². The van der Waals surface area contributed by atoms with E-state index in [1.807, 2.05) is 0 Å². The van der Waals surface area contributed by atoms with Crippen molar-refractivity contribution in [2.45, 2.75) is 83.1 Å². The number of nitrogens with zero attached hydrogens (tertiary/aromatic N) is 2. The monoisotopic (exact) mass is 608 g/mol. The van der Waals surface area contributed by atoms with Crippen LogP contribution in [0.4, 0.5) is 0 Å². The maximum absolute atomic E-state index is 5.20. The largest absolute Gasteiger partial charge is 0.355 e. The molecule has 5 aromatic rings. The minimum Gasteiger partial charge on any atom is -0.355 e. The minimum absolute atomic E-state index is 0.964. The molecule has 2 aliphatic heterocycles. The third kappa shape index (κ3) is 4.30. The fourth-order valence-corrected chi connectivity index (χ4v) is 6.88. The minimum atomic E-state index is 0.964. The van der Waals surface area contributed by atoms with Crippen LogP contribution in [-0.2, 0) is 0 Å². The SMILES string of the molecule is CC1=C(C)c2nc1cc1[nH]c(cc3[nH]c(c(C)c3C)c3[nH]c(cc4[nH]c(cc5nc2C(C)=C5C)c(C)c4C)c(C)c3C)c(C)c1C. The summed E-state index contributed by atoms with van der Waals surface area (Å²) >= 11 is 0. The number of aryl methyl sites for hydroxylation is 8. The van der Waals surface area contributed by atoms with Crippen LogP contribution in [-0.4, -0.2) is 29.9 Å². The smallest absolute Gasteiger partial charge is 0.0929 e. The summed E-state index contributed by atoms with van der Waals surface area (Å²) in [6.45, 7) is 26.3. The van der Waals surface area contributed by atoms with E-state index < -0.39 is 0 Å². The Kier molecular flexibility index (Phi) is 6.71. The van der Waals surface area contributed by atoms with Crippen LogP contribution in [0.1, 0.15) is 95.0 Å². The second-order valence-electron chi connectivity index (χ2n) is 13.5. The fourth-order valence-electron chi connectivity index (χ4n) is 6.88. The number of aromatic nitrogens is 6. The molecule has 6 heteroatoms. The van der Waals surface area contributed by atoms with Gasteiger partial charge in [0.2, 0.25) is 0 Å². The van der Waals surface area contributed by atoms with Crippen LogP contribution in [0, 0.1) is 55.4 Å². The molecule has 6 nitrogen and oxygen atoms in total. The number of hydrogen-bond donors (Lipinski definition) is 4. The molecule has 0 atom stereocenters.